The number of aryl methyl sites for hydroxylation is 1. The number of rotatable bonds is 8. The van der Waals surface area contributed by atoms with Crippen molar-refractivity contribution in [1.82, 2.24) is 4.98 Å². The topological polar surface area (TPSA) is 72.6 Å². The van der Waals surface area contributed by atoms with Crippen LogP contribution in [0.5, 0.6) is 5.75 Å². The molecule has 0 spiro atoms. The van der Waals surface area contributed by atoms with Crippen LogP contribution in [0.4, 0.5) is 0 Å². The third-order valence-electron chi connectivity index (χ3n) is 4.13. The summed E-state index contributed by atoms with van der Waals surface area (Å²) in [6.07, 6.45) is 4.02. The molecule has 0 saturated carbocycles. The molecule has 144 valence electrons. The lowest BCUT2D eigenvalue weighted by Crippen LogP contribution is -2.02. The molecule has 0 fully saturated rings. The Bertz CT molecular complexity index is 962. The van der Waals surface area contributed by atoms with Gasteiger partial charge in [-0.05, 0) is 49.1 Å². The van der Waals surface area contributed by atoms with Gasteiger partial charge in [0.05, 0.1) is 17.2 Å². The number of nitrogens with zero attached hydrogens (tertiary/aromatic N) is 1. The molecule has 0 aliphatic carbocycles. The molecule has 0 radical (unpaired) electrons. The summed E-state index contributed by atoms with van der Waals surface area (Å²) in [4.78, 5) is 15.9. The molecule has 1 heterocycles. The number of oxazole rings is 1. The number of carboxylic acid groups (broad SMARTS) is 1. The SMILES string of the molecule is CS/C(=C/c1ccc(OCCc2nc(-c3ccccc3)oc2C)cc1)C(=O)O. The predicted octanol–water partition coefficient (Wildman–Crippen LogP) is 5.06. The monoisotopic (exact) mass is 395 g/mol. The Morgan fingerprint density at radius 3 is 2.54 bits per heavy atom. The number of carbonyl (C=O) groups is 1. The number of hydrogen-bond acceptors (Lipinski definition) is 5. The van der Waals surface area contributed by atoms with E-state index in [9.17, 15) is 4.79 Å². The molecule has 3 aromatic rings. The summed E-state index contributed by atoms with van der Waals surface area (Å²) in [7, 11) is 0. The van der Waals surface area contributed by atoms with Gasteiger partial charge in [0, 0.05) is 12.0 Å². The van der Waals surface area contributed by atoms with E-state index in [1.54, 1.807) is 12.3 Å². The molecular weight excluding hydrogens is 374 g/mol. The number of ether oxygens (including phenoxy) is 1. The Morgan fingerprint density at radius 2 is 1.89 bits per heavy atom. The summed E-state index contributed by atoms with van der Waals surface area (Å²) < 4.78 is 11.6. The average Bonchev–Trinajstić information content (AvgIpc) is 3.08. The maximum atomic E-state index is 11.1. The second-order valence-electron chi connectivity index (χ2n) is 6.07. The van der Waals surface area contributed by atoms with Crippen molar-refractivity contribution in [2.45, 2.75) is 13.3 Å². The molecule has 1 N–H and O–H groups in total. The van der Waals surface area contributed by atoms with Gasteiger partial charge >= 0.3 is 5.97 Å². The second kappa shape index (κ2) is 9.28. The molecule has 6 heteroatoms. The Hall–Kier alpha value is -2.99. The van der Waals surface area contributed by atoms with Gasteiger partial charge in [-0.25, -0.2) is 9.78 Å². The summed E-state index contributed by atoms with van der Waals surface area (Å²) in [5.41, 5.74) is 2.65. The summed E-state index contributed by atoms with van der Waals surface area (Å²) in [6.45, 7) is 2.38. The standard InChI is InChI=1S/C22H21NO4S/c1-15-19(23-21(27-15)17-6-4-3-5-7-17)12-13-26-18-10-8-16(9-11-18)14-20(28-2)22(24)25/h3-11,14H,12-13H2,1-2H3,(H,24,25)/b20-14+. The molecule has 0 saturated heterocycles. The average molecular weight is 395 g/mol. The number of thioether (sulfide) groups is 1. The molecule has 0 bridgehead atoms. The zero-order valence-corrected chi connectivity index (χ0v) is 16.5. The molecular formula is C22H21NO4S. The first kappa shape index (κ1) is 19.8. The van der Waals surface area contributed by atoms with E-state index in [1.807, 2.05) is 61.5 Å². The lowest BCUT2D eigenvalue weighted by atomic mass is 10.2. The fourth-order valence-electron chi connectivity index (χ4n) is 2.65. The van der Waals surface area contributed by atoms with Crippen LogP contribution in [0.1, 0.15) is 17.0 Å². The van der Waals surface area contributed by atoms with Gasteiger partial charge in [-0.3, -0.25) is 0 Å². The zero-order valence-electron chi connectivity index (χ0n) is 15.7. The van der Waals surface area contributed by atoms with Crippen LogP contribution in [0.25, 0.3) is 17.5 Å². The van der Waals surface area contributed by atoms with Gasteiger partial charge in [0.15, 0.2) is 0 Å². The summed E-state index contributed by atoms with van der Waals surface area (Å²) in [5, 5.41) is 9.08. The van der Waals surface area contributed by atoms with Gasteiger partial charge in [-0.15, -0.1) is 11.8 Å². The van der Waals surface area contributed by atoms with E-state index in [2.05, 4.69) is 4.98 Å². The number of carboxylic acids is 1. The van der Waals surface area contributed by atoms with Crippen molar-refractivity contribution in [2.24, 2.45) is 0 Å². The van der Waals surface area contributed by atoms with Gasteiger partial charge in [0.25, 0.3) is 0 Å². The van der Waals surface area contributed by atoms with Crippen LogP contribution < -0.4 is 4.74 Å². The largest absolute Gasteiger partial charge is 0.493 e. The van der Waals surface area contributed by atoms with Crippen LogP contribution in [0.2, 0.25) is 0 Å². The second-order valence-corrected chi connectivity index (χ2v) is 6.92. The van der Waals surface area contributed by atoms with Gasteiger partial charge in [0.2, 0.25) is 5.89 Å². The fraction of sp³-hybridized carbons (Fsp3) is 0.182. The van der Waals surface area contributed by atoms with Crippen molar-refractivity contribution in [2.75, 3.05) is 12.9 Å². The summed E-state index contributed by atoms with van der Waals surface area (Å²) in [5.74, 6) is 1.21. The highest BCUT2D eigenvalue weighted by Crippen LogP contribution is 2.22. The highest BCUT2D eigenvalue weighted by Gasteiger charge is 2.11. The van der Waals surface area contributed by atoms with E-state index < -0.39 is 5.97 Å². The first-order chi connectivity index (χ1) is 13.6. The highest BCUT2D eigenvalue weighted by atomic mass is 32.2. The third-order valence-corrected chi connectivity index (χ3v) is 4.86. The van der Waals surface area contributed by atoms with E-state index >= 15 is 0 Å². The molecule has 5 nitrogen and oxygen atoms in total. The van der Waals surface area contributed by atoms with Crippen LogP contribution in [-0.4, -0.2) is 28.9 Å². The number of aromatic nitrogens is 1. The first-order valence-corrected chi connectivity index (χ1v) is 10.0. The maximum Gasteiger partial charge on any atom is 0.342 e. The minimum atomic E-state index is -0.925. The van der Waals surface area contributed by atoms with E-state index in [-0.39, 0.29) is 0 Å². The molecule has 2 aromatic carbocycles. The van der Waals surface area contributed by atoms with Crippen molar-refractivity contribution >= 4 is 23.8 Å². The van der Waals surface area contributed by atoms with Crippen LogP contribution in [0.15, 0.2) is 63.9 Å². The van der Waals surface area contributed by atoms with Crippen LogP contribution in [0.3, 0.4) is 0 Å². The highest BCUT2D eigenvalue weighted by molar-refractivity contribution is 8.03. The Morgan fingerprint density at radius 1 is 1.18 bits per heavy atom. The predicted molar refractivity (Wildman–Crippen MR) is 111 cm³/mol. The Labute approximate surface area is 168 Å². The Kier molecular flexibility index (Phi) is 6.55. The number of hydrogen-bond donors (Lipinski definition) is 1. The minimum Gasteiger partial charge on any atom is -0.493 e. The molecule has 0 amide bonds. The van der Waals surface area contributed by atoms with Crippen molar-refractivity contribution < 1.29 is 19.1 Å². The van der Waals surface area contributed by atoms with Gasteiger partial charge in [-0.1, -0.05) is 30.3 Å². The van der Waals surface area contributed by atoms with E-state index in [1.165, 1.54) is 11.8 Å². The number of benzene rings is 2. The summed E-state index contributed by atoms with van der Waals surface area (Å²) in [6, 6.07) is 17.1. The third kappa shape index (κ3) is 5.04. The lowest BCUT2D eigenvalue weighted by Gasteiger charge is -2.06. The lowest BCUT2D eigenvalue weighted by molar-refractivity contribution is -0.131. The van der Waals surface area contributed by atoms with Gasteiger partial charge in [0.1, 0.15) is 11.5 Å². The smallest absolute Gasteiger partial charge is 0.342 e. The van der Waals surface area contributed by atoms with Crippen molar-refractivity contribution in [3.63, 3.8) is 0 Å². The molecule has 0 aliphatic heterocycles. The normalized spacial score (nSPS) is 11.4. The quantitative estimate of drug-likeness (QED) is 0.538. The van der Waals surface area contributed by atoms with E-state index in [0.717, 1.165) is 28.3 Å². The van der Waals surface area contributed by atoms with Gasteiger partial charge in [-0.2, -0.15) is 0 Å². The summed E-state index contributed by atoms with van der Waals surface area (Å²) >= 11 is 1.20. The van der Waals surface area contributed by atoms with Crippen molar-refractivity contribution in [3.05, 3.63) is 76.5 Å². The van der Waals surface area contributed by atoms with E-state index in [0.29, 0.717) is 23.8 Å². The van der Waals surface area contributed by atoms with Crippen LogP contribution in [-0.2, 0) is 11.2 Å². The molecule has 0 unspecified atom stereocenters. The molecule has 3 rings (SSSR count). The minimum absolute atomic E-state index is 0.296. The van der Waals surface area contributed by atoms with E-state index in [4.69, 9.17) is 14.3 Å². The maximum absolute atomic E-state index is 11.1. The van der Waals surface area contributed by atoms with Crippen LogP contribution in [0, 0.1) is 6.92 Å². The van der Waals surface area contributed by atoms with Crippen molar-refractivity contribution in [1.29, 1.82) is 0 Å². The van der Waals surface area contributed by atoms with Crippen molar-refractivity contribution in [3.8, 4) is 17.2 Å². The number of aliphatic carboxylic acids is 1. The van der Waals surface area contributed by atoms with Crippen LogP contribution >= 0.6 is 11.8 Å². The molecule has 28 heavy (non-hydrogen) atoms. The fourth-order valence-corrected chi connectivity index (χ4v) is 3.08. The molecule has 1 aromatic heterocycles. The van der Waals surface area contributed by atoms with Gasteiger partial charge < -0.3 is 14.3 Å². The molecule has 0 aliphatic rings. The Balaban J connectivity index is 1.58. The zero-order chi connectivity index (χ0) is 19.9. The molecule has 0 atom stereocenters. The first-order valence-electron chi connectivity index (χ1n) is 8.80.